The van der Waals surface area contributed by atoms with Crippen LogP contribution < -0.4 is 19.7 Å². The minimum absolute atomic E-state index is 0.268. The molecule has 0 atom stereocenters. The van der Waals surface area contributed by atoms with Crippen LogP contribution in [0.2, 0.25) is 0 Å². The molecule has 0 aromatic heterocycles. The highest BCUT2D eigenvalue weighted by molar-refractivity contribution is 9.10. The van der Waals surface area contributed by atoms with E-state index < -0.39 is 0 Å². The number of ether oxygens (including phenoxy) is 2. The molecule has 1 aliphatic heterocycles. The Morgan fingerprint density at radius 1 is 0.967 bits per heavy atom. The first kappa shape index (κ1) is 21.8. The second kappa shape index (κ2) is 9.72. The molecule has 0 saturated carbocycles. The number of nitrogens with zero attached hydrogens (tertiary/aromatic N) is 1. The van der Waals surface area contributed by atoms with Gasteiger partial charge in [-0.05, 0) is 41.5 Å². The van der Waals surface area contributed by atoms with Gasteiger partial charge in [-0.3, -0.25) is 0 Å². The van der Waals surface area contributed by atoms with E-state index in [0.29, 0.717) is 0 Å². The van der Waals surface area contributed by atoms with Crippen molar-refractivity contribution in [2.45, 2.75) is 13.8 Å². The largest absolute Gasteiger partial charge is 0.454 e. The molecule has 30 heavy (non-hydrogen) atoms. The summed E-state index contributed by atoms with van der Waals surface area (Å²) in [5, 5.41) is 3.41. The first-order valence-electron chi connectivity index (χ1n) is 9.95. The van der Waals surface area contributed by atoms with Crippen LogP contribution in [-0.2, 0) is 0 Å². The summed E-state index contributed by atoms with van der Waals surface area (Å²) in [6.07, 6.45) is 0. The lowest BCUT2D eigenvalue weighted by Crippen LogP contribution is -2.12. The molecule has 3 aromatic rings. The number of anilines is 2. The predicted molar refractivity (Wildman–Crippen MR) is 130 cm³/mol. The Balaban J connectivity index is 0.00000124. The van der Waals surface area contributed by atoms with Crippen LogP contribution in [0.5, 0.6) is 11.5 Å². The van der Waals surface area contributed by atoms with Gasteiger partial charge in [0.1, 0.15) is 0 Å². The summed E-state index contributed by atoms with van der Waals surface area (Å²) in [5.41, 5.74) is 6.21. The van der Waals surface area contributed by atoms with E-state index in [0.717, 1.165) is 49.7 Å². The van der Waals surface area contributed by atoms with Crippen LogP contribution in [0, 0.1) is 0 Å². The normalized spacial score (nSPS) is 11.4. The van der Waals surface area contributed by atoms with E-state index in [-0.39, 0.29) is 6.79 Å². The molecular formula is C25H27BrN2O2. The Bertz CT molecular complexity index is 1030. The van der Waals surface area contributed by atoms with Crippen LogP contribution in [0.25, 0.3) is 16.8 Å². The Hall–Kier alpha value is -2.92. The monoisotopic (exact) mass is 466 g/mol. The van der Waals surface area contributed by atoms with Crippen molar-refractivity contribution in [2.24, 2.45) is 0 Å². The first-order chi connectivity index (χ1) is 14.5. The molecule has 4 rings (SSSR count). The van der Waals surface area contributed by atoms with E-state index >= 15 is 0 Å². The van der Waals surface area contributed by atoms with Gasteiger partial charge in [0.15, 0.2) is 11.5 Å². The zero-order valence-electron chi connectivity index (χ0n) is 17.8. The fraction of sp³-hybridized carbons (Fsp3) is 0.200. The highest BCUT2D eigenvalue weighted by Gasteiger charge is 2.17. The first-order valence-corrected chi connectivity index (χ1v) is 10.7. The Morgan fingerprint density at radius 2 is 1.60 bits per heavy atom. The summed E-state index contributed by atoms with van der Waals surface area (Å²) in [6.45, 7) is 8.49. The zero-order valence-corrected chi connectivity index (χ0v) is 19.4. The van der Waals surface area contributed by atoms with Gasteiger partial charge in [0.05, 0.1) is 0 Å². The minimum Gasteiger partial charge on any atom is -0.454 e. The second-order valence-electron chi connectivity index (χ2n) is 6.78. The Labute approximate surface area is 187 Å². The highest BCUT2D eigenvalue weighted by Crippen LogP contribution is 2.41. The van der Waals surface area contributed by atoms with Crippen molar-refractivity contribution in [1.82, 2.24) is 0 Å². The van der Waals surface area contributed by atoms with E-state index in [4.69, 9.17) is 9.47 Å². The number of rotatable bonds is 5. The van der Waals surface area contributed by atoms with Crippen LogP contribution in [0.1, 0.15) is 19.4 Å². The Kier molecular flexibility index (Phi) is 7.06. The number of nitrogens with one attached hydrogen (secondary N) is 1. The van der Waals surface area contributed by atoms with Crippen molar-refractivity contribution in [3.8, 4) is 22.6 Å². The molecule has 4 nitrogen and oxygen atoms in total. The molecule has 0 bridgehead atoms. The molecule has 3 aromatic carbocycles. The zero-order chi connectivity index (χ0) is 21.7. The summed E-state index contributed by atoms with van der Waals surface area (Å²) in [5.74, 6) is 1.54. The summed E-state index contributed by atoms with van der Waals surface area (Å²) in [4.78, 5) is 2.09. The average molecular weight is 467 g/mol. The third kappa shape index (κ3) is 4.62. The molecule has 0 saturated heterocycles. The quantitative estimate of drug-likeness (QED) is 0.437. The van der Waals surface area contributed by atoms with Crippen molar-refractivity contribution in [3.05, 3.63) is 77.3 Å². The maximum atomic E-state index is 5.50. The van der Waals surface area contributed by atoms with E-state index in [1.807, 2.05) is 52.2 Å². The number of fused-ring (bicyclic) bond motifs is 1. The third-order valence-electron chi connectivity index (χ3n) is 4.66. The van der Waals surface area contributed by atoms with Gasteiger partial charge in [0.2, 0.25) is 6.79 Å². The van der Waals surface area contributed by atoms with Gasteiger partial charge in [-0.25, -0.2) is 0 Å². The van der Waals surface area contributed by atoms with E-state index in [9.17, 15) is 0 Å². The molecule has 0 fully saturated rings. The summed E-state index contributed by atoms with van der Waals surface area (Å²) in [6, 6.07) is 20.4. The summed E-state index contributed by atoms with van der Waals surface area (Å²) < 4.78 is 11.9. The van der Waals surface area contributed by atoms with Gasteiger partial charge in [-0.1, -0.05) is 66.7 Å². The van der Waals surface area contributed by atoms with Crippen molar-refractivity contribution >= 4 is 33.0 Å². The topological polar surface area (TPSA) is 33.7 Å². The van der Waals surface area contributed by atoms with E-state index in [2.05, 4.69) is 69.1 Å². The smallest absolute Gasteiger partial charge is 0.231 e. The molecule has 0 unspecified atom stereocenters. The molecule has 5 heteroatoms. The third-order valence-corrected chi connectivity index (χ3v) is 5.32. The molecule has 1 aliphatic rings. The number of hydrogen-bond donors (Lipinski definition) is 1. The van der Waals surface area contributed by atoms with Gasteiger partial charge in [-0.2, -0.15) is 0 Å². The number of benzene rings is 3. The van der Waals surface area contributed by atoms with Crippen molar-refractivity contribution < 1.29 is 9.47 Å². The molecule has 1 heterocycles. The lowest BCUT2D eigenvalue weighted by molar-refractivity contribution is 0.174. The second-order valence-corrected chi connectivity index (χ2v) is 7.63. The van der Waals surface area contributed by atoms with Crippen LogP contribution in [0.15, 0.2) is 71.7 Å². The number of para-hydroxylation sites is 1. The van der Waals surface area contributed by atoms with Crippen LogP contribution in [-0.4, -0.2) is 20.9 Å². The number of halogens is 1. The van der Waals surface area contributed by atoms with E-state index in [1.165, 1.54) is 0 Å². The van der Waals surface area contributed by atoms with Crippen molar-refractivity contribution in [3.63, 3.8) is 0 Å². The lowest BCUT2D eigenvalue weighted by atomic mass is 10.0. The minimum atomic E-state index is 0.268. The standard InChI is InChI=1S/C23H21BrN2O2.C2H6/c1-15(18-6-4-5-7-21(18)26(2)3)25-17-10-8-16(9-11-17)19-12-22-23(13-20(19)24)28-14-27-22;1-2/h4-13,25H,1,14H2,2-3H3;1-2H3. The predicted octanol–water partition coefficient (Wildman–Crippen LogP) is 7.02. The molecule has 0 amide bonds. The van der Waals surface area contributed by atoms with Gasteiger partial charge in [0, 0.05) is 41.2 Å². The average Bonchev–Trinajstić information content (AvgIpc) is 3.22. The molecule has 0 spiro atoms. The van der Waals surface area contributed by atoms with Gasteiger partial charge in [-0.15, -0.1) is 0 Å². The molecule has 156 valence electrons. The lowest BCUT2D eigenvalue weighted by Gasteiger charge is -2.19. The van der Waals surface area contributed by atoms with Gasteiger partial charge >= 0.3 is 0 Å². The fourth-order valence-corrected chi connectivity index (χ4v) is 3.78. The SMILES string of the molecule is C=C(Nc1ccc(-c2cc3c(cc2Br)OCO3)cc1)c1ccccc1N(C)C.CC. The Morgan fingerprint density at radius 3 is 2.27 bits per heavy atom. The van der Waals surface area contributed by atoms with Crippen LogP contribution in [0.4, 0.5) is 11.4 Å². The van der Waals surface area contributed by atoms with E-state index in [1.54, 1.807) is 0 Å². The van der Waals surface area contributed by atoms with Crippen molar-refractivity contribution in [2.75, 3.05) is 31.1 Å². The van der Waals surface area contributed by atoms with Crippen LogP contribution in [0.3, 0.4) is 0 Å². The van der Waals surface area contributed by atoms with Gasteiger partial charge in [0.25, 0.3) is 0 Å². The van der Waals surface area contributed by atoms with Gasteiger partial charge < -0.3 is 19.7 Å². The van der Waals surface area contributed by atoms with Crippen molar-refractivity contribution in [1.29, 1.82) is 0 Å². The highest BCUT2D eigenvalue weighted by atomic mass is 79.9. The maximum Gasteiger partial charge on any atom is 0.231 e. The molecule has 0 radical (unpaired) electrons. The molecule has 0 aliphatic carbocycles. The fourth-order valence-electron chi connectivity index (χ4n) is 3.23. The number of hydrogen-bond acceptors (Lipinski definition) is 4. The van der Waals surface area contributed by atoms with Crippen LogP contribution >= 0.6 is 15.9 Å². The molecule has 1 N–H and O–H groups in total. The maximum absolute atomic E-state index is 5.50. The summed E-state index contributed by atoms with van der Waals surface area (Å²) in [7, 11) is 4.06. The summed E-state index contributed by atoms with van der Waals surface area (Å²) >= 11 is 3.63. The molecular weight excluding hydrogens is 440 g/mol.